The quantitative estimate of drug-likeness (QED) is 0.719. The Kier molecular flexibility index (Phi) is 3.82. The molecule has 88 valence electrons. The Morgan fingerprint density at radius 1 is 1.50 bits per heavy atom. The van der Waals surface area contributed by atoms with E-state index >= 15 is 0 Å². The monoisotopic (exact) mass is 241 g/mol. The number of rotatable bonds is 2. The standard InChI is InChI=1S/C13H17ClFN/c1-10-8-16(6-5-13(10)14)9-11-3-2-4-12(15)7-11/h2-4,7,10,13H,5-6,8-9H2,1H3. The number of halogens is 2. The Balaban J connectivity index is 1.95. The molecule has 1 heterocycles. The van der Waals surface area contributed by atoms with E-state index in [0.717, 1.165) is 31.6 Å². The van der Waals surface area contributed by atoms with Gasteiger partial charge < -0.3 is 0 Å². The third-order valence-corrected chi connectivity index (χ3v) is 3.83. The Labute approximate surface area is 101 Å². The van der Waals surface area contributed by atoms with Crippen LogP contribution in [-0.2, 0) is 6.54 Å². The van der Waals surface area contributed by atoms with Crippen molar-refractivity contribution < 1.29 is 4.39 Å². The molecule has 0 spiro atoms. The van der Waals surface area contributed by atoms with Crippen molar-refractivity contribution in [1.82, 2.24) is 4.90 Å². The minimum Gasteiger partial charge on any atom is -0.299 e. The predicted octanol–water partition coefficient (Wildman–Crippen LogP) is 3.27. The molecule has 0 aromatic heterocycles. The van der Waals surface area contributed by atoms with Gasteiger partial charge in [0.15, 0.2) is 0 Å². The topological polar surface area (TPSA) is 3.24 Å². The van der Waals surface area contributed by atoms with Crippen molar-refractivity contribution in [2.45, 2.75) is 25.3 Å². The summed E-state index contributed by atoms with van der Waals surface area (Å²) < 4.78 is 13.0. The first-order chi connectivity index (χ1) is 7.65. The van der Waals surface area contributed by atoms with Gasteiger partial charge in [-0.2, -0.15) is 0 Å². The summed E-state index contributed by atoms with van der Waals surface area (Å²) in [7, 11) is 0. The Morgan fingerprint density at radius 2 is 2.31 bits per heavy atom. The van der Waals surface area contributed by atoms with Crippen molar-refractivity contribution >= 4 is 11.6 Å². The van der Waals surface area contributed by atoms with Crippen LogP contribution < -0.4 is 0 Å². The van der Waals surface area contributed by atoms with Gasteiger partial charge in [0.05, 0.1) is 0 Å². The highest BCUT2D eigenvalue weighted by Gasteiger charge is 2.23. The molecule has 2 rings (SSSR count). The highest BCUT2D eigenvalue weighted by molar-refractivity contribution is 6.20. The summed E-state index contributed by atoms with van der Waals surface area (Å²) in [6, 6.07) is 6.83. The van der Waals surface area contributed by atoms with E-state index in [1.807, 2.05) is 6.07 Å². The number of hydrogen-bond donors (Lipinski definition) is 0. The molecule has 1 fully saturated rings. The van der Waals surface area contributed by atoms with E-state index in [0.29, 0.717) is 11.3 Å². The van der Waals surface area contributed by atoms with Crippen LogP contribution in [0.5, 0.6) is 0 Å². The van der Waals surface area contributed by atoms with E-state index in [1.54, 1.807) is 12.1 Å². The van der Waals surface area contributed by atoms with Gasteiger partial charge in [0.25, 0.3) is 0 Å². The third kappa shape index (κ3) is 2.96. The van der Waals surface area contributed by atoms with Crippen LogP contribution >= 0.6 is 11.6 Å². The van der Waals surface area contributed by atoms with Crippen molar-refractivity contribution in [2.75, 3.05) is 13.1 Å². The zero-order valence-corrected chi connectivity index (χ0v) is 10.3. The van der Waals surface area contributed by atoms with E-state index < -0.39 is 0 Å². The van der Waals surface area contributed by atoms with Crippen molar-refractivity contribution in [3.05, 3.63) is 35.6 Å². The molecule has 1 saturated heterocycles. The third-order valence-electron chi connectivity index (χ3n) is 3.18. The average molecular weight is 242 g/mol. The first-order valence-corrected chi connectivity index (χ1v) is 6.19. The number of piperidine rings is 1. The molecule has 0 aliphatic carbocycles. The summed E-state index contributed by atoms with van der Waals surface area (Å²) in [5, 5.41) is 0.295. The molecule has 16 heavy (non-hydrogen) atoms. The minimum atomic E-state index is -0.155. The lowest BCUT2D eigenvalue weighted by Gasteiger charge is -2.34. The predicted molar refractivity (Wildman–Crippen MR) is 65.1 cm³/mol. The molecule has 1 aromatic rings. The summed E-state index contributed by atoms with van der Waals surface area (Å²) in [5.74, 6) is 0.363. The molecule has 0 N–H and O–H groups in total. The molecular formula is C13H17ClFN. The fourth-order valence-electron chi connectivity index (χ4n) is 2.24. The molecule has 0 bridgehead atoms. The smallest absolute Gasteiger partial charge is 0.123 e. The maximum Gasteiger partial charge on any atom is 0.123 e. The molecule has 0 saturated carbocycles. The number of hydrogen-bond acceptors (Lipinski definition) is 1. The van der Waals surface area contributed by atoms with Crippen LogP contribution in [0.2, 0.25) is 0 Å². The van der Waals surface area contributed by atoms with Gasteiger partial charge in [-0.15, -0.1) is 11.6 Å². The lowest BCUT2D eigenvalue weighted by atomic mass is 9.99. The van der Waals surface area contributed by atoms with Gasteiger partial charge in [0.1, 0.15) is 5.82 Å². The number of alkyl halides is 1. The van der Waals surface area contributed by atoms with Crippen LogP contribution in [0.15, 0.2) is 24.3 Å². The highest BCUT2D eigenvalue weighted by Crippen LogP contribution is 2.23. The lowest BCUT2D eigenvalue weighted by molar-refractivity contribution is 0.180. The molecule has 0 amide bonds. The average Bonchev–Trinajstić information content (AvgIpc) is 2.24. The second-order valence-corrected chi connectivity index (χ2v) is 5.21. The van der Waals surface area contributed by atoms with Gasteiger partial charge in [-0.3, -0.25) is 4.90 Å². The Hall–Kier alpha value is -0.600. The number of nitrogens with zero attached hydrogens (tertiary/aromatic N) is 1. The van der Waals surface area contributed by atoms with Gasteiger partial charge in [0, 0.05) is 18.5 Å². The Morgan fingerprint density at radius 3 is 3.00 bits per heavy atom. The van der Waals surface area contributed by atoms with Crippen LogP contribution in [0.3, 0.4) is 0 Å². The van der Waals surface area contributed by atoms with Crippen molar-refractivity contribution in [3.8, 4) is 0 Å². The molecule has 1 aliphatic rings. The molecular weight excluding hydrogens is 225 g/mol. The van der Waals surface area contributed by atoms with E-state index in [-0.39, 0.29) is 5.82 Å². The first kappa shape index (κ1) is 11.9. The van der Waals surface area contributed by atoms with Crippen LogP contribution in [-0.4, -0.2) is 23.4 Å². The van der Waals surface area contributed by atoms with Gasteiger partial charge >= 0.3 is 0 Å². The van der Waals surface area contributed by atoms with Crippen molar-refractivity contribution in [2.24, 2.45) is 5.92 Å². The zero-order chi connectivity index (χ0) is 11.5. The van der Waals surface area contributed by atoms with Crippen LogP contribution in [0.1, 0.15) is 18.9 Å². The van der Waals surface area contributed by atoms with Gasteiger partial charge in [-0.25, -0.2) is 4.39 Å². The summed E-state index contributed by atoms with van der Waals surface area (Å²) in [5.41, 5.74) is 1.04. The molecule has 1 aliphatic heterocycles. The minimum absolute atomic E-state index is 0.155. The van der Waals surface area contributed by atoms with Gasteiger partial charge in [0.2, 0.25) is 0 Å². The largest absolute Gasteiger partial charge is 0.299 e. The molecule has 1 aromatic carbocycles. The van der Waals surface area contributed by atoms with Crippen LogP contribution in [0.25, 0.3) is 0 Å². The lowest BCUT2D eigenvalue weighted by Crippen LogP contribution is -2.39. The maximum absolute atomic E-state index is 13.0. The van der Waals surface area contributed by atoms with Crippen LogP contribution in [0.4, 0.5) is 4.39 Å². The number of benzene rings is 1. The molecule has 3 heteroatoms. The van der Waals surface area contributed by atoms with E-state index in [4.69, 9.17) is 11.6 Å². The fraction of sp³-hybridized carbons (Fsp3) is 0.538. The molecule has 1 nitrogen and oxygen atoms in total. The molecule has 2 unspecified atom stereocenters. The van der Waals surface area contributed by atoms with Gasteiger partial charge in [-0.1, -0.05) is 19.1 Å². The molecule has 0 radical (unpaired) electrons. The normalized spacial score (nSPS) is 26.9. The summed E-state index contributed by atoms with van der Waals surface area (Å²) >= 11 is 6.17. The van der Waals surface area contributed by atoms with Crippen LogP contribution in [0, 0.1) is 11.7 Å². The summed E-state index contributed by atoms with van der Waals surface area (Å²) in [6.45, 7) is 5.01. The second kappa shape index (κ2) is 5.15. The summed E-state index contributed by atoms with van der Waals surface area (Å²) in [4.78, 5) is 2.35. The fourth-order valence-corrected chi connectivity index (χ4v) is 2.42. The van der Waals surface area contributed by atoms with Crippen molar-refractivity contribution in [3.63, 3.8) is 0 Å². The maximum atomic E-state index is 13.0. The van der Waals surface area contributed by atoms with Gasteiger partial charge in [-0.05, 0) is 36.6 Å². The summed E-state index contributed by atoms with van der Waals surface area (Å²) in [6.07, 6.45) is 1.03. The SMILES string of the molecule is CC1CN(Cc2cccc(F)c2)CCC1Cl. The Bertz CT molecular complexity index is 356. The highest BCUT2D eigenvalue weighted by atomic mass is 35.5. The second-order valence-electron chi connectivity index (χ2n) is 4.65. The number of likely N-dealkylation sites (tertiary alicyclic amines) is 1. The van der Waals surface area contributed by atoms with E-state index in [9.17, 15) is 4.39 Å². The first-order valence-electron chi connectivity index (χ1n) is 5.76. The van der Waals surface area contributed by atoms with E-state index in [2.05, 4.69) is 11.8 Å². The van der Waals surface area contributed by atoms with Crippen molar-refractivity contribution in [1.29, 1.82) is 0 Å². The molecule has 2 atom stereocenters. The van der Waals surface area contributed by atoms with E-state index in [1.165, 1.54) is 6.07 Å². The zero-order valence-electron chi connectivity index (χ0n) is 9.50.